The van der Waals surface area contributed by atoms with Crippen LogP contribution in [0.1, 0.15) is 40.2 Å². The van der Waals surface area contributed by atoms with Gasteiger partial charge < -0.3 is 14.6 Å². The number of nitrogens with one attached hydrogen (secondary N) is 1. The highest BCUT2D eigenvalue weighted by Gasteiger charge is 2.20. The van der Waals surface area contributed by atoms with E-state index in [9.17, 15) is 4.79 Å². The zero-order valence-electron chi connectivity index (χ0n) is 17.5. The Balaban J connectivity index is 1.39. The Labute approximate surface area is 184 Å². The number of aromatic nitrogens is 3. The van der Waals surface area contributed by atoms with Crippen LogP contribution < -0.4 is 10.2 Å². The van der Waals surface area contributed by atoms with Crippen molar-refractivity contribution in [1.29, 1.82) is 0 Å². The summed E-state index contributed by atoms with van der Waals surface area (Å²) in [5.74, 6) is 1.95. The quantitative estimate of drug-likeness (QED) is 0.476. The number of hydrogen-bond donors (Lipinski definition) is 1. The van der Waals surface area contributed by atoms with Crippen molar-refractivity contribution in [3.8, 4) is 11.6 Å². The topological polar surface area (TPSA) is 84.1 Å². The SMILES string of the molecule is Cc1nc(-c2ccco2)nc2sc(C(=O)Nc3ccc(N4CCCCC4)nc3)c(C)c12. The molecule has 0 atom stereocenters. The van der Waals surface area contributed by atoms with Crippen LogP contribution in [0.4, 0.5) is 11.5 Å². The number of piperidine rings is 1. The first kappa shape index (κ1) is 19.7. The minimum absolute atomic E-state index is 0.160. The molecular weight excluding hydrogens is 410 g/mol. The molecule has 0 aliphatic carbocycles. The van der Waals surface area contributed by atoms with E-state index in [1.807, 2.05) is 32.0 Å². The predicted molar refractivity (Wildman–Crippen MR) is 123 cm³/mol. The smallest absolute Gasteiger partial charge is 0.266 e. The molecular formula is C23H23N5O2S. The summed E-state index contributed by atoms with van der Waals surface area (Å²) in [6.07, 6.45) is 7.02. The van der Waals surface area contributed by atoms with E-state index in [4.69, 9.17) is 4.42 Å². The van der Waals surface area contributed by atoms with Gasteiger partial charge in [-0.15, -0.1) is 11.3 Å². The lowest BCUT2D eigenvalue weighted by Crippen LogP contribution is -2.30. The first-order valence-electron chi connectivity index (χ1n) is 10.4. The van der Waals surface area contributed by atoms with Gasteiger partial charge >= 0.3 is 0 Å². The molecule has 1 saturated heterocycles. The third-order valence-electron chi connectivity index (χ3n) is 5.60. The number of aryl methyl sites for hydroxylation is 2. The molecule has 1 aliphatic heterocycles. The van der Waals surface area contributed by atoms with Crippen LogP contribution in [0.5, 0.6) is 0 Å². The Morgan fingerprint density at radius 2 is 1.97 bits per heavy atom. The number of furan rings is 1. The van der Waals surface area contributed by atoms with Gasteiger partial charge in [0.25, 0.3) is 5.91 Å². The van der Waals surface area contributed by atoms with Crippen LogP contribution in [0.25, 0.3) is 21.8 Å². The van der Waals surface area contributed by atoms with E-state index in [0.29, 0.717) is 22.1 Å². The summed E-state index contributed by atoms with van der Waals surface area (Å²) in [6, 6.07) is 7.53. The third kappa shape index (κ3) is 3.79. The van der Waals surface area contributed by atoms with E-state index in [1.165, 1.54) is 30.6 Å². The number of thiophene rings is 1. The normalized spacial score (nSPS) is 14.2. The van der Waals surface area contributed by atoms with Crippen molar-refractivity contribution in [1.82, 2.24) is 15.0 Å². The lowest BCUT2D eigenvalue weighted by molar-refractivity contribution is 0.103. The molecule has 8 heteroatoms. The Morgan fingerprint density at radius 1 is 1.13 bits per heavy atom. The Hall–Kier alpha value is -3.26. The van der Waals surface area contributed by atoms with Gasteiger partial charge in [-0.05, 0) is 62.9 Å². The molecule has 0 aromatic carbocycles. The number of anilines is 2. The molecule has 4 aromatic rings. The minimum atomic E-state index is -0.160. The molecule has 0 spiro atoms. The van der Waals surface area contributed by atoms with E-state index in [0.717, 1.165) is 40.4 Å². The van der Waals surface area contributed by atoms with Gasteiger partial charge in [-0.25, -0.2) is 15.0 Å². The maximum atomic E-state index is 13.0. The molecule has 7 nitrogen and oxygen atoms in total. The van der Waals surface area contributed by atoms with Crippen LogP contribution >= 0.6 is 11.3 Å². The largest absolute Gasteiger partial charge is 0.461 e. The molecule has 1 fully saturated rings. The fourth-order valence-electron chi connectivity index (χ4n) is 4.03. The van der Waals surface area contributed by atoms with Crippen LogP contribution in [0.2, 0.25) is 0 Å². The number of carbonyl (C=O) groups excluding carboxylic acids is 1. The number of rotatable bonds is 4. The number of fused-ring (bicyclic) bond motifs is 1. The molecule has 5 rings (SSSR count). The number of amides is 1. The lowest BCUT2D eigenvalue weighted by atomic mass is 10.1. The second-order valence-corrected chi connectivity index (χ2v) is 8.75. The van der Waals surface area contributed by atoms with Crippen LogP contribution in [0.3, 0.4) is 0 Å². The van der Waals surface area contributed by atoms with Crippen molar-refractivity contribution < 1.29 is 9.21 Å². The van der Waals surface area contributed by atoms with Crippen molar-refractivity contribution in [2.75, 3.05) is 23.3 Å². The summed E-state index contributed by atoms with van der Waals surface area (Å²) in [4.78, 5) is 30.5. The summed E-state index contributed by atoms with van der Waals surface area (Å²) in [7, 11) is 0. The highest BCUT2D eigenvalue weighted by Crippen LogP contribution is 2.33. The average Bonchev–Trinajstić information content (AvgIpc) is 3.43. The maximum absolute atomic E-state index is 13.0. The summed E-state index contributed by atoms with van der Waals surface area (Å²) in [5.41, 5.74) is 2.40. The van der Waals surface area contributed by atoms with Crippen LogP contribution in [0, 0.1) is 13.8 Å². The average molecular weight is 434 g/mol. The maximum Gasteiger partial charge on any atom is 0.266 e. The van der Waals surface area contributed by atoms with E-state index in [2.05, 4.69) is 25.2 Å². The molecule has 31 heavy (non-hydrogen) atoms. The van der Waals surface area contributed by atoms with E-state index < -0.39 is 0 Å². The van der Waals surface area contributed by atoms with Gasteiger partial charge in [-0.2, -0.15) is 0 Å². The van der Waals surface area contributed by atoms with Crippen molar-refractivity contribution in [2.24, 2.45) is 0 Å². The summed E-state index contributed by atoms with van der Waals surface area (Å²) < 4.78 is 5.43. The van der Waals surface area contributed by atoms with Gasteiger partial charge in [-0.3, -0.25) is 4.79 Å². The number of nitrogens with zero attached hydrogens (tertiary/aromatic N) is 4. The monoisotopic (exact) mass is 433 g/mol. The molecule has 1 amide bonds. The number of carbonyl (C=O) groups is 1. The first-order valence-corrected chi connectivity index (χ1v) is 11.3. The summed E-state index contributed by atoms with van der Waals surface area (Å²) in [6.45, 7) is 5.95. The van der Waals surface area contributed by atoms with Crippen molar-refractivity contribution >= 4 is 39.0 Å². The zero-order valence-corrected chi connectivity index (χ0v) is 18.3. The van der Waals surface area contributed by atoms with Gasteiger partial charge in [0.15, 0.2) is 11.6 Å². The number of hydrogen-bond acceptors (Lipinski definition) is 7. The molecule has 158 valence electrons. The molecule has 0 saturated carbocycles. The fraction of sp³-hybridized carbons (Fsp3) is 0.304. The minimum Gasteiger partial charge on any atom is -0.461 e. The molecule has 1 N–H and O–H groups in total. The first-order chi connectivity index (χ1) is 15.1. The van der Waals surface area contributed by atoms with Crippen LogP contribution in [-0.2, 0) is 0 Å². The van der Waals surface area contributed by atoms with Crippen molar-refractivity contribution in [2.45, 2.75) is 33.1 Å². The van der Waals surface area contributed by atoms with Gasteiger partial charge in [-0.1, -0.05) is 0 Å². The Kier molecular flexibility index (Phi) is 5.15. The fourth-order valence-corrected chi connectivity index (χ4v) is 5.16. The van der Waals surface area contributed by atoms with Gasteiger partial charge in [0.1, 0.15) is 10.6 Å². The molecule has 0 unspecified atom stereocenters. The standard InChI is InChI=1S/C23H23N5O2S/c1-14-19-15(2)25-21(17-7-6-12-30-17)27-23(19)31-20(14)22(29)26-16-8-9-18(24-13-16)28-10-4-3-5-11-28/h6-9,12-13H,3-5,10-11H2,1-2H3,(H,26,29). The Morgan fingerprint density at radius 3 is 2.68 bits per heavy atom. The molecule has 0 radical (unpaired) electrons. The molecule has 4 aromatic heterocycles. The summed E-state index contributed by atoms with van der Waals surface area (Å²) in [5, 5.41) is 3.90. The Bertz CT molecular complexity index is 1230. The second-order valence-electron chi connectivity index (χ2n) is 7.75. The summed E-state index contributed by atoms with van der Waals surface area (Å²) >= 11 is 1.37. The number of pyridine rings is 1. The molecule has 5 heterocycles. The second kappa shape index (κ2) is 8.11. The lowest BCUT2D eigenvalue weighted by Gasteiger charge is -2.27. The zero-order chi connectivity index (χ0) is 21.4. The van der Waals surface area contributed by atoms with Gasteiger partial charge in [0.2, 0.25) is 0 Å². The van der Waals surface area contributed by atoms with E-state index in [-0.39, 0.29) is 5.91 Å². The van der Waals surface area contributed by atoms with E-state index >= 15 is 0 Å². The highest BCUT2D eigenvalue weighted by atomic mass is 32.1. The molecule has 1 aliphatic rings. The van der Waals surface area contributed by atoms with Gasteiger partial charge in [0, 0.05) is 18.5 Å². The van der Waals surface area contributed by atoms with E-state index in [1.54, 1.807) is 18.5 Å². The van der Waals surface area contributed by atoms with Gasteiger partial charge in [0.05, 0.1) is 28.7 Å². The highest BCUT2D eigenvalue weighted by molar-refractivity contribution is 7.20. The third-order valence-corrected chi connectivity index (χ3v) is 6.79. The van der Waals surface area contributed by atoms with Crippen molar-refractivity contribution in [3.63, 3.8) is 0 Å². The predicted octanol–water partition coefficient (Wildman–Crippen LogP) is 5.21. The van der Waals surface area contributed by atoms with Crippen LogP contribution in [0.15, 0.2) is 41.1 Å². The van der Waals surface area contributed by atoms with Crippen molar-refractivity contribution in [3.05, 3.63) is 52.9 Å². The van der Waals surface area contributed by atoms with Crippen LogP contribution in [-0.4, -0.2) is 33.9 Å². The molecule has 0 bridgehead atoms.